The van der Waals surface area contributed by atoms with Gasteiger partial charge in [0.1, 0.15) is 5.82 Å². The molecule has 24 heavy (non-hydrogen) atoms. The van der Waals surface area contributed by atoms with E-state index in [9.17, 15) is 0 Å². The van der Waals surface area contributed by atoms with Crippen molar-refractivity contribution in [2.75, 3.05) is 13.2 Å². The van der Waals surface area contributed by atoms with Gasteiger partial charge >= 0.3 is 0 Å². The summed E-state index contributed by atoms with van der Waals surface area (Å²) in [4.78, 5) is 9.25. The van der Waals surface area contributed by atoms with Crippen LogP contribution in [0.2, 0.25) is 0 Å². The Kier molecular flexibility index (Phi) is 4.34. The van der Waals surface area contributed by atoms with E-state index >= 15 is 0 Å². The zero-order valence-corrected chi connectivity index (χ0v) is 13.5. The Bertz CT molecular complexity index is 780. The normalized spacial score (nSPS) is 17.2. The van der Waals surface area contributed by atoms with Crippen LogP contribution in [0.25, 0.3) is 5.82 Å². The van der Waals surface area contributed by atoms with Crippen LogP contribution in [-0.2, 0) is 17.6 Å². The Morgan fingerprint density at radius 1 is 1.04 bits per heavy atom. The molecule has 4 rings (SSSR count). The summed E-state index contributed by atoms with van der Waals surface area (Å²) in [7, 11) is 0. The number of aryl methyl sites for hydroxylation is 2. The standard InChI is InChI=1S/C19H20N4O/c1-2-6-15(7-3-1)9-10-17-21-19(16-11-13-24-14-16)23(22-17)18-8-4-5-12-20-18/h1-8,12,16H,9-11,13-14H2. The second-order valence-corrected chi connectivity index (χ2v) is 6.03. The predicted octanol–water partition coefficient (Wildman–Crippen LogP) is 2.95. The van der Waals surface area contributed by atoms with Crippen LogP contribution in [-0.4, -0.2) is 33.0 Å². The van der Waals surface area contributed by atoms with E-state index in [1.807, 2.05) is 28.9 Å². The zero-order valence-electron chi connectivity index (χ0n) is 13.5. The van der Waals surface area contributed by atoms with E-state index in [2.05, 4.69) is 29.2 Å². The van der Waals surface area contributed by atoms with Crippen LogP contribution in [0, 0.1) is 0 Å². The van der Waals surface area contributed by atoms with Crippen molar-refractivity contribution >= 4 is 0 Å². The van der Waals surface area contributed by atoms with Crippen molar-refractivity contribution in [2.24, 2.45) is 0 Å². The van der Waals surface area contributed by atoms with Crippen molar-refractivity contribution in [3.05, 3.63) is 71.9 Å². The predicted molar refractivity (Wildman–Crippen MR) is 91.2 cm³/mol. The molecule has 1 aromatic carbocycles. The molecular formula is C19H20N4O. The number of hydrogen-bond acceptors (Lipinski definition) is 4. The van der Waals surface area contributed by atoms with Gasteiger partial charge in [-0.25, -0.2) is 9.97 Å². The topological polar surface area (TPSA) is 52.8 Å². The van der Waals surface area contributed by atoms with Crippen molar-refractivity contribution < 1.29 is 4.74 Å². The number of aromatic nitrogens is 4. The van der Waals surface area contributed by atoms with Crippen LogP contribution in [0.15, 0.2) is 54.7 Å². The fourth-order valence-corrected chi connectivity index (χ4v) is 3.03. The van der Waals surface area contributed by atoms with Gasteiger partial charge in [-0.2, -0.15) is 4.68 Å². The SMILES string of the molecule is c1ccc(CCc2nc(C3CCOC3)n(-c3ccccn3)n2)cc1. The Hall–Kier alpha value is -2.53. The molecule has 0 N–H and O–H groups in total. The van der Waals surface area contributed by atoms with Crippen LogP contribution in [0.1, 0.15) is 29.6 Å². The van der Waals surface area contributed by atoms with Crippen molar-refractivity contribution in [1.29, 1.82) is 0 Å². The molecule has 1 unspecified atom stereocenters. The van der Waals surface area contributed by atoms with Gasteiger partial charge < -0.3 is 4.74 Å². The summed E-state index contributed by atoms with van der Waals surface area (Å²) in [6.07, 6.45) is 4.54. The van der Waals surface area contributed by atoms with E-state index in [1.54, 1.807) is 6.20 Å². The van der Waals surface area contributed by atoms with Crippen LogP contribution in [0.4, 0.5) is 0 Å². The Morgan fingerprint density at radius 3 is 2.67 bits per heavy atom. The average molecular weight is 320 g/mol. The molecule has 2 aromatic heterocycles. The molecule has 1 aliphatic rings. The largest absolute Gasteiger partial charge is 0.381 e. The summed E-state index contributed by atoms with van der Waals surface area (Å²) in [5.41, 5.74) is 1.30. The number of rotatable bonds is 5. The van der Waals surface area contributed by atoms with E-state index in [1.165, 1.54) is 5.56 Å². The molecule has 0 amide bonds. The van der Waals surface area contributed by atoms with Crippen molar-refractivity contribution in [2.45, 2.75) is 25.2 Å². The smallest absolute Gasteiger partial charge is 0.155 e. The Morgan fingerprint density at radius 2 is 1.92 bits per heavy atom. The second-order valence-electron chi connectivity index (χ2n) is 6.03. The van der Waals surface area contributed by atoms with Gasteiger partial charge in [0, 0.05) is 25.1 Å². The van der Waals surface area contributed by atoms with Crippen molar-refractivity contribution in [3.8, 4) is 5.82 Å². The third kappa shape index (κ3) is 3.21. The first-order valence-corrected chi connectivity index (χ1v) is 8.39. The molecule has 1 atom stereocenters. The minimum Gasteiger partial charge on any atom is -0.381 e. The monoisotopic (exact) mass is 320 g/mol. The van der Waals surface area contributed by atoms with Crippen LogP contribution in [0.5, 0.6) is 0 Å². The fourth-order valence-electron chi connectivity index (χ4n) is 3.03. The molecule has 5 nitrogen and oxygen atoms in total. The van der Waals surface area contributed by atoms with E-state index in [4.69, 9.17) is 14.8 Å². The fraction of sp³-hybridized carbons (Fsp3) is 0.316. The van der Waals surface area contributed by atoms with Crippen LogP contribution in [0.3, 0.4) is 0 Å². The molecule has 0 bridgehead atoms. The van der Waals surface area contributed by atoms with E-state index in [0.29, 0.717) is 12.5 Å². The summed E-state index contributed by atoms with van der Waals surface area (Å²) in [6.45, 7) is 1.50. The molecule has 1 saturated heterocycles. The molecule has 122 valence electrons. The van der Waals surface area contributed by atoms with Crippen molar-refractivity contribution in [1.82, 2.24) is 19.7 Å². The van der Waals surface area contributed by atoms with E-state index in [0.717, 1.165) is 43.3 Å². The third-order valence-corrected chi connectivity index (χ3v) is 4.32. The molecule has 3 heterocycles. The second kappa shape index (κ2) is 6.93. The maximum Gasteiger partial charge on any atom is 0.155 e. The lowest BCUT2D eigenvalue weighted by Gasteiger charge is -2.08. The van der Waals surface area contributed by atoms with Crippen LogP contribution < -0.4 is 0 Å². The van der Waals surface area contributed by atoms with Gasteiger partial charge in [0.2, 0.25) is 0 Å². The first kappa shape index (κ1) is 15.0. The maximum atomic E-state index is 5.54. The van der Waals surface area contributed by atoms with Gasteiger partial charge in [0.15, 0.2) is 11.6 Å². The number of benzene rings is 1. The minimum atomic E-state index is 0.296. The number of pyridine rings is 1. The highest BCUT2D eigenvalue weighted by atomic mass is 16.5. The first-order valence-electron chi connectivity index (χ1n) is 8.39. The summed E-state index contributed by atoms with van der Waals surface area (Å²) in [5.74, 6) is 2.95. The molecule has 0 radical (unpaired) electrons. The molecule has 5 heteroatoms. The average Bonchev–Trinajstić information content (AvgIpc) is 3.31. The highest BCUT2D eigenvalue weighted by Crippen LogP contribution is 2.25. The van der Waals surface area contributed by atoms with Gasteiger partial charge in [-0.1, -0.05) is 36.4 Å². The highest BCUT2D eigenvalue weighted by molar-refractivity contribution is 5.24. The van der Waals surface area contributed by atoms with Gasteiger partial charge in [-0.15, -0.1) is 5.10 Å². The summed E-state index contributed by atoms with van der Waals surface area (Å²) >= 11 is 0. The highest BCUT2D eigenvalue weighted by Gasteiger charge is 2.25. The summed E-state index contributed by atoms with van der Waals surface area (Å²) in [5, 5.41) is 4.73. The quantitative estimate of drug-likeness (QED) is 0.725. The zero-order chi connectivity index (χ0) is 16.2. The summed E-state index contributed by atoms with van der Waals surface area (Å²) < 4.78 is 7.43. The maximum absolute atomic E-state index is 5.54. The first-order chi connectivity index (χ1) is 11.9. The van der Waals surface area contributed by atoms with Crippen LogP contribution >= 0.6 is 0 Å². The third-order valence-electron chi connectivity index (χ3n) is 4.32. The molecule has 0 spiro atoms. The van der Waals surface area contributed by atoms with Gasteiger partial charge in [-0.05, 0) is 30.5 Å². The molecule has 0 aliphatic carbocycles. The minimum absolute atomic E-state index is 0.296. The number of hydrogen-bond donors (Lipinski definition) is 0. The number of nitrogens with zero attached hydrogens (tertiary/aromatic N) is 4. The molecular weight excluding hydrogens is 300 g/mol. The Balaban J connectivity index is 1.61. The molecule has 0 saturated carbocycles. The molecule has 3 aromatic rings. The lowest BCUT2D eigenvalue weighted by Crippen LogP contribution is -2.10. The molecule has 1 fully saturated rings. The van der Waals surface area contributed by atoms with E-state index < -0.39 is 0 Å². The lowest BCUT2D eigenvalue weighted by molar-refractivity contribution is 0.193. The van der Waals surface area contributed by atoms with Gasteiger partial charge in [0.25, 0.3) is 0 Å². The van der Waals surface area contributed by atoms with Crippen molar-refractivity contribution in [3.63, 3.8) is 0 Å². The molecule has 1 aliphatic heterocycles. The Labute approximate surface area is 141 Å². The van der Waals surface area contributed by atoms with Gasteiger partial charge in [-0.3, -0.25) is 0 Å². The van der Waals surface area contributed by atoms with E-state index in [-0.39, 0.29) is 0 Å². The lowest BCUT2D eigenvalue weighted by atomic mass is 10.1. The van der Waals surface area contributed by atoms with Gasteiger partial charge in [0.05, 0.1) is 6.61 Å². The summed E-state index contributed by atoms with van der Waals surface area (Å²) in [6, 6.07) is 16.3. The number of ether oxygens (including phenoxy) is 1.